The second-order valence-corrected chi connectivity index (χ2v) is 5.16. The summed E-state index contributed by atoms with van der Waals surface area (Å²) >= 11 is 3.46. The fourth-order valence-corrected chi connectivity index (χ4v) is 2.27. The summed E-state index contributed by atoms with van der Waals surface area (Å²) in [4.78, 5) is 4.63. The van der Waals surface area contributed by atoms with Gasteiger partial charge in [-0.25, -0.2) is 4.98 Å². The van der Waals surface area contributed by atoms with Gasteiger partial charge in [0.1, 0.15) is 5.82 Å². The van der Waals surface area contributed by atoms with E-state index in [1.165, 1.54) is 0 Å². The van der Waals surface area contributed by atoms with Crippen molar-refractivity contribution in [2.75, 3.05) is 6.54 Å². The molecule has 1 aromatic carbocycles. The molecular weight excluding hydrogens is 278 g/mol. The van der Waals surface area contributed by atoms with Crippen LogP contribution < -0.4 is 5.73 Å². The average molecular weight is 294 g/mol. The van der Waals surface area contributed by atoms with Gasteiger partial charge in [0.25, 0.3) is 0 Å². The molecule has 17 heavy (non-hydrogen) atoms. The minimum Gasteiger partial charge on any atom is -0.330 e. The molecule has 3 nitrogen and oxygen atoms in total. The van der Waals surface area contributed by atoms with E-state index in [2.05, 4.69) is 38.1 Å². The number of hydrogen-bond acceptors (Lipinski definition) is 2. The van der Waals surface area contributed by atoms with E-state index < -0.39 is 0 Å². The molecule has 90 valence electrons. The Hall–Kier alpha value is -1.13. The van der Waals surface area contributed by atoms with Crippen LogP contribution in [0.4, 0.5) is 0 Å². The SMILES string of the molecule is C=C(C)Cn1c(CCN)nc2cc(Br)ccc21. The Morgan fingerprint density at radius 3 is 2.94 bits per heavy atom. The number of imidazole rings is 1. The van der Waals surface area contributed by atoms with Gasteiger partial charge in [0.2, 0.25) is 0 Å². The molecule has 0 saturated heterocycles. The third-order valence-electron chi connectivity index (χ3n) is 2.59. The van der Waals surface area contributed by atoms with E-state index in [0.717, 1.165) is 39.9 Å². The number of allylic oxidation sites excluding steroid dienone is 1. The molecule has 0 bridgehead atoms. The van der Waals surface area contributed by atoms with E-state index in [1.54, 1.807) is 0 Å². The first-order valence-corrected chi connectivity index (χ1v) is 6.40. The van der Waals surface area contributed by atoms with Gasteiger partial charge in [-0.15, -0.1) is 0 Å². The number of halogens is 1. The van der Waals surface area contributed by atoms with Crippen molar-refractivity contribution in [2.24, 2.45) is 5.73 Å². The molecule has 0 unspecified atom stereocenters. The molecule has 0 amide bonds. The molecule has 0 spiro atoms. The van der Waals surface area contributed by atoms with Gasteiger partial charge in [-0.05, 0) is 31.7 Å². The maximum Gasteiger partial charge on any atom is 0.111 e. The number of rotatable bonds is 4. The van der Waals surface area contributed by atoms with E-state index >= 15 is 0 Å². The fourth-order valence-electron chi connectivity index (χ4n) is 1.92. The van der Waals surface area contributed by atoms with Crippen LogP contribution in [0.25, 0.3) is 11.0 Å². The Balaban J connectivity index is 2.57. The van der Waals surface area contributed by atoms with E-state index in [-0.39, 0.29) is 0 Å². The van der Waals surface area contributed by atoms with Crippen LogP contribution in [-0.2, 0) is 13.0 Å². The van der Waals surface area contributed by atoms with Crippen LogP contribution in [0.5, 0.6) is 0 Å². The molecule has 0 atom stereocenters. The van der Waals surface area contributed by atoms with Crippen molar-refractivity contribution in [1.29, 1.82) is 0 Å². The third kappa shape index (κ3) is 2.58. The number of aromatic nitrogens is 2. The fraction of sp³-hybridized carbons (Fsp3) is 0.308. The Morgan fingerprint density at radius 1 is 1.53 bits per heavy atom. The second-order valence-electron chi connectivity index (χ2n) is 4.24. The topological polar surface area (TPSA) is 43.8 Å². The predicted octanol–water partition coefficient (Wildman–Crippen LogP) is 2.88. The summed E-state index contributed by atoms with van der Waals surface area (Å²) in [5.41, 5.74) is 8.89. The van der Waals surface area contributed by atoms with Crippen molar-refractivity contribution < 1.29 is 0 Å². The monoisotopic (exact) mass is 293 g/mol. The molecule has 2 N–H and O–H groups in total. The number of nitrogens with zero attached hydrogens (tertiary/aromatic N) is 2. The standard InChI is InChI=1S/C13H16BrN3/c1-9(2)8-17-12-4-3-10(14)7-11(12)16-13(17)5-6-15/h3-4,7H,1,5-6,8,15H2,2H3. The molecule has 2 aromatic rings. The van der Waals surface area contributed by atoms with E-state index in [1.807, 2.05) is 19.1 Å². The van der Waals surface area contributed by atoms with Gasteiger partial charge in [0, 0.05) is 17.4 Å². The molecular formula is C13H16BrN3. The Labute approximate surface area is 109 Å². The summed E-state index contributed by atoms with van der Waals surface area (Å²) in [5, 5.41) is 0. The van der Waals surface area contributed by atoms with Crippen molar-refractivity contribution in [3.8, 4) is 0 Å². The summed E-state index contributed by atoms with van der Waals surface area (Å²) in [6, 6.07) is 6.14. The van der Waals surface area contributed by atoms with E-state index in [4.69, 9.17) is 5.73 Å². The summed E-state index contributed by atoms with van der Waals surface area (Å²) in [6.45, 7) is 7.40. The molecule has 1 aromatic heterocycles. The lowest BCUT2D eigenvalue weighted by molar-refractivity contribution is 0.727. The van der Waals surface area contributed by atoms with Crippen molar-refractivity contribution >= 4 is 27.0 Å². The van der Waals surface area contributed by atoms with Gasteiger partial charge in [-0.3, -0.25) is 0 Å². The van der Waals surface area contributed by atoms with E-state index in [0.29, 0.717) is 6.54 Å². The van der Waals surface area contributed by atoms with Crippen LogP contribution in [0.1, 0.15) is 12.7 Å². The van der Waals surface area contributed by atoms with Gasteiger partial charge in [-0.2, -0.15) is 0 Å². The zero-order valence-corrected chi connectivity index (χ0v) is 11.5. The van der Waals surface area contributed by atoms with Crippen LogP contribution >= 0.6 is 15.9 Å². The second kappa shape index (κ2) is 5.02. The lowest BCUT2D eigenvalue weighted by atomic mass is 10.3. The Morgan fingerprint density at radius 2 is 2.29 bits per heavy atom. The molecule has 1 heterocycles. The molecule has 4 heteroatoms. The minimum absolute atomic E-state index is 0.612. The van der Waals surface area contributed by atoms with Crippen molar-refractivity contribution in [2.45, 2.75) is 19.9 Å². The smallest absolute Gasteiger partial charge is 0.111 e. The molecule has 0 aliphatic rings. The lowest BCUT2D eigenvalue weighted by Crippen LogP contribution is -2.10. The zero-order chi connectivity index (χ0) is 12.4. The molecule has 0 saturated carbocycles. The first kappa shape index (κ1) is 12.3. The highest BCUT2D eigenvalue weighted by molar-refractivity contribution is 9.10. The van der Waals surface area contributed by atoms with Crippen LogP contribution in [-0.4, -0.2) is 16.1 Å². The van der Waals surface area contributed by atoms with Gasteiger partial charge >= 0.3 is 0 Å². The van der Waals surface area contributed by atoms with E-state index in [9.17, 15) is 0 Å². The van der Waals surface area contributed by atoms with Crippen molar-refractivity contribution in [3.63, 3.8) is 0 Å². The van der Waals surface area contributed by atoms with Gasteiger partial charge < -0.3 is 10.3 Å². The van der Waals surface area contributed by atoms with Gasteiger partial charge in [0.15, 0.2) is 0 Å². The molecule has 0 fully saturated rings. The predicted molar refractivity (Wildman–Crippen MR) is 75.0 cm³/mol. The highest BCUT2D eigenvalue weighted by atomic mass is 79.9. The van der Waals surface area contributed by atoms with Crippen LogP contribution in [0, 0.1) is 0 Å². The first-order valence-electron chi connectivity index (χ1n) is 5.61. The van der Waals surface area contributed by atoms with Crippen LogP contribution in [0.2, 0.25) is 0 Å². The summed E-state index contributed by atoms with van der Waals surface area (Å²) in [5.74, 6) is 1.03. The maximum absolute atomic E-state index is 5.63. The van der Waals surface area contributed by atoms with Crippen LogP contribution in [0.3, 0.4) is 0 Å². The van der Waals surface area contributed by atoms with Gasteiger partial charge in [0.05, 0.1) is 11.0 Å². The van der Waals surface area contributed by atoms with Gasteiger partial charge in [-0.1, -0.05) is 28.1 Å². The number of hydrogen-bond donors (Lipinski definition) is 1. The summed E-state index contributed by atoms with van der Waals surface area (Å²) in [6.07, 6.45) is 0.791. The largest absolute Gasteiger partial charge is 0.330 e. The lowest BCUT2D eigenvalue weighted by Gasteiger charge is -2.08. The van der Waals surface area contributed by atoms with Crippen molar-refractivity contribution in [1.82, 2.24) is 9.55 Å². The molecule has 0 radical (unpaired) electrons. The molecule has 0 aliphatic heterocycles. The number of benzene rings is 1. The normalized spacial score (nSPS) is 11.0. The number of nitrogens with two attached hydrogens (primary N) is 1. The zero-order valence-electron chi connectivity index (χ0n) is 9.91. The van der Waals surface area contributed by atoms with Crippen molar-refractivity contribution in [3.05, 3.63) is 40.6 Å². The summed E-state index contributed by atoms with van der Waals surface area (Å²) < 4.78 is 3.24. The maximum atomic E-state index is 5.63. The molecule has 0 aliphatic carbocycles. The third-order valence-corrected chi connectivity index (χ3v) is 3.08. The first-order chi connectivity index (χ1) is 8.11. The summed E-state index contributed by atoms with van der Waals surface area (Å²) in [7, 11) is 0. The quantitative estimate of drug-likeness (QED) is 0.881. The van der Waals surface area contributed by atoms with Crippen LogP contribution in [0.15, 0.2) is 34.8 Å². The highest BCUT2D eigenvalue weighted by Crippen LogP contribution is 2.22. The number of fused-ring (bicyclic) bond motifs is 1. The Kier molecular flexibility index (Phi) is 3.64. The molecule has 2 rings (SSSR count). The highest BCUT2D eigenvalue weighted by Gasteiger charge is 2.10. The minimum atomic E-state index is 0.612. The Bertz CT molecular complexity index is 557. The average Bonchev–Trinajstić information content (AvgIpc) is 2.56.